The number of hydrogen-bond acceptors (Lipinski definition) is 9. The van der Waals surface area contributed by atoms with Crippen molar-refractivity contribution in [2.75, 3.05) is 12.3 Å². The third-order valence-electron chi connectivity index (χ3n) is 5.90. The standard InChI is InChI=1S/C27H40N4O6S2/c1-4-5-6-7-8-12-24(34)38-13-10-9-11-19-14-21(32)28-16-23-30-20(17-39-23)26(35)29-15-22(33)31-25(18(2)3)27(36)37-19/h9,11,17-19,25H,4-8,10,12-16H2,1-3H3,(H,28,32)(H,29,35)(H,31,33)/t19-,25+/m1/s1. The van der Waals surface area contributed by atoms with Crippen LogP contribution in [0.25, 0.3) is 0 Å². The first-order chi connectivity index (χ1) is 18.7. The van der Waals surface area contributed by atoms with Crippen LogP contribution in [-0.2, 0) is 30.5 Å². The maximum Gasteiger partial charge on any atom is 0.329 e. The molecule has 0 saturated heterocycles. The first-order valence-electron chi connectivity index (χ1n) is 13.5. The number of ether oxygens (including phenoxy) is 1. The first kappa shape index (κ1) is 32.5. The lowest BCUT2D eigenvalue weighted by Crippen LogP contribution is -2.49. The number of unbranched alkanes of at least 4 members (excludes halogenated alkanes) is 4. The monoisotopic (exact) mass is 580 g/mol. The van der Waals surface area contributed by atoms with Gasteiger partial charge < -0.3 is 20.7 Å². The highest BCUT2D eigenvalue weighted by molar-refractivity contribution is 8.13. The number of rotatable bonds is 11. The fourth-order valence-corrected chi connectivity index (χ4v) is 5.19. The minimum absolute atomic E-state index is 0.119. The Labute approximate surface area is 238 Å². The van der Waals surface area contributed by atoms with Crippen molar-refractivity contribution >= 4 is 51.9 Å². The van der Waals surface area contributed by atoms with Gasteiger partial charge in [0.2, 0.25) is 11.8 Å². The number of aromatic nitrogens is 1. The van der Waals surface area contributed by atoms with Gasteiger partial charge in [0.25, 0.3) is 5.91 Å². The molecule has 2 bridgehead atoms. The summed E-state index contributed by atoms with van der Waals surface area (Å²) < 4.78 is 5.63. The van der Waals surface area contributed by atoms with Crippen LogP contribution in [0.15, 0.2) is 17.5 Å². The molecule has 0 saturated carbocycles. The fraction of sp³-hybridized carbons (Fsp3) is 0.630. The summed E-state index contributed by atoms with van der Waals surface area (Å²) in [5, 5.41) is 10.1. The molecule has 39 heavy (non-hydrogen) atoms. The predicted octanol–water partition coefficient (Wildman–Crippen LogP) is 3.51. The van der Waals surface area contributed by atoms with Crippen molar-refractivity contribution in [1.82, 2.24) is 20.9 Å². The summed E-state index contributed by atoms with van der Waals surface area (Å²) in [7, 11) is 0. The highest BCUT2D eigenvalue weighted by Gasteiger charge is 2.28. The molecule has 2 heterocycles. The molecule has 0 spiro atoms. The lowest BCUT2D eigenvalue weighted by atomic mass is 10.0. The Morgan fingerprint density at radius 3 is 2.64 bits per heavy atom. The number of thioether (sulfide) groups is 1. The number of fused-ring (bicyclic) bond motifs is 2. The van der Waals surface area contributed by atoms with Gasteiger partial charge in [0.15, 0.2) is 5.12 Å². The largest absolute Gasteiger partial charge is 0.456 e. The van der Waals surface area contributed by atoms with E-state index in [1.807, 2.05) is 0 Å². The van der Waals surface area contributed by atoms with Crippen molar-refractivity contribution in [3.05, 3.63) is 28.2 Å². The Bertz CT molecular complexity index is 1010. The van der Waals surface area contributed by atoms with E-state index in [1.54, 1.807) is 31.4 Å². The Hall–Kier alpha value is -2.73. The van der Waals surface area contributed by atoms with Gasteiger partial charge >= 0.3 is 5.97 Å². The van der Waals surface area contributed by atoms with E-state index in [9.17, 15) is 24.0 Å². The lowest BCUT2D eigenvalue weighted by Gasteiger charge is -2.23. The predicted molar refractivity (Wildman–Crippen MR) is 152 cm³/mol. The number of thiazole rings is 1. The average molecular weight is 581 g/mol. The van der Waals surface area contributed by atoms with Gasteiger partial charge in [0.05, 0.1) is 19.5 Å². The molecule has 0 aliphatic carbocycles. The first-order valence-corrected chi connectivity index (χ1v) is 15.4. The van der Waals surface area contributed by atoms with Crippen LogP contribution in [0.1, 0.15) is 87.6 Å². The van der Waals surface area contributed by atoms with Gasteiger partial charge in [-0.15, -0.1) is 11.3 Å². The third-order valence-corrected chi connectivity index (χ3v) is 7.72. The summed E-state index contributed by atoms with van der Waals surface area (Å²) in [5.74, 6) is -1.79. The lowest BCUT2D eigenvalue weighted by molar-refractivity contribution is -0.153. The Balaban J connectivity index is 2.00. The normalized spacial score (nSPS) is 19.5. The van der Waals surface area contributed by atoms with E-state index in [-0.39, 0.29) is 42.1 Å². The van der Waals surface area contributed by atoms with E-state index in [0.29, 0.717) is 23.6 Å². The maximum atomic E-state index is 13.0. The van der Waals surface area contributed by atoms with Gasteiger partial charge in [-0.05, 0) is 24.8 Å². The summed E-state index contributed by atoms with van der Waals surface area (Å²) in [4.78, 5) is 66.6. The molecule has 12 heteroatoms. The van der Waals surface area contributed by atoms with Crippen LogP contribution in [0.3, 0.4) is 0 Å². The molecule has 3 N–H and O–H groups in total. The molecule has 1 aliphatic heterocycles. The SMILES string of the molecule is CCCCCCCC(=O)SCCC=C[C@@H]1CC(=O)NCc2nc(cs2)C(=O)NCC(=O)N[C@@H](C(C)C)C(=O)O1. The van der Waals surface area contributed by atoms with E-state index >= 15 is 0 Å². The quantitative estimate of drug-likeness (QED) is 0.205. The van der Waals surface area contributed by atoms with Crippen LogP contribution in [0.5, 0.6) is 0 Å². The number of carbonyl (C=O) groups excluding carboxylic acids is 5. The molecule has 2 atom stereocenters. The molecule has 0 fully saturated rings. The Morgan fingerprint density at radius 2 is 1.90 bits per heavy atom. The molecule has 3 amide bonds. The van der Waals surface area contributed by atoms with Gasteiger partial charge in [0.1, 0.15) is 22.8 Å². The molecule has 1 aromatic rings. The van der Waals surface area contributed by atoms with Crippen LogP contribution < -0.4 is 16.0 Å². The smallest absolute Gasteiger partial charge is 0.329 e. The highest BCUT2D eigenvalue weighted by Crippen LogP contribution is 2.15. The van der Waals surface area contributed by atoms with Crippen LogP contribution in [-0.4, -0.2) is 58.2 Å². The van der Waals surface area contributed by atoms with Gasteiger partial charge in [0, 0.05) is 17.6 Å². The van der Waals surface area contributed by atoms with Crippen molar-refractivity contribution in [2.45, 2.75) is 90.8 Å². The number of amides is 3. The number of nitrogens with one attached hydrogen (secondary N) is 3. The number of hydrogen-bond donors (Lipinski definition) is 3. The van der Waals surface area contributed by atoms with Crippen molar-refractivity contribution < 1.29 is 28.7 Å². The summed E-state index contributed by atoms with van der Waals surface area (Å²) >= 11 is 2.51. The second-order valence-electron chi connectivity index (χ2n) is 9.66. The Kier molecular flexibility index (Phi) is 14.8. The minimum atomic E-state index is -0.961. The van der Waals surface area contributed by atoms with E-state index in [2.05, 4.69) is 27.9 Å². The highest BCUT2D eigenvalue weighted by atomic mass is 32.2. The van der Waals surface area contributed by atoms with E-state index < -0.39 is 29.9 Å². The van der Waals surface area contributed by atoms with Crippen LogP contribution in [0, 0.1) is 5.92 Å². The second kappa shape index (κ2) is 17.8. The van der Waals surface area contributed by atoms with Crippen molar-refractivity contribution in [2.24, 2.45) is 5.92 Å². The maximum absolute atomic E-state index is 13.0. The molecule has 0 unspecified atom stereocenters. The zero-order chi connectivity index (χ0) is 28.6. The molecule has 0 aromatic carbocycles. The topological polar surface area (TPSA) is 144 Å². The molecular weight excluding hydrogens is 540 g/mol. The van der Waals surface area contributed by atoms with E-state index in [4.69, 9.17) is 4.74 Å². The number of cyclic esters (lactones) is 1. The zero-order valence-electron chi connectivity index (χ0n) is 23.0. The molecule has 216 valence electrons. The molecule has 10 nitrogen and oxygen atoms in total. The summed E-state index contributed by atoms with van der Waals surface area (Å²) in [6, 6.07) is -0.961. The average Bonchev–Trinajstić information content (AvgIpc) is 3.37. The number of allylic oxidation sites excluding steroid dienone is 1. The number of nitrogens with zero attached hydrogens (tertiary/aromatic N) is 1. The molecule has 1 aliphatic rings. The molecule has 1 aromatic heterocycles. The van der Waals surface area contributed by atoms with Gasteiger partial charge in [-0.1, -0.05) is 64.3 Å². The van der Waals surface area contributed by atoms with Crippen molar-refractivity contribution in [3.8, 4) is 0 Å². The summed E-state index contributed by atoms with van der Waals surface area (Å²) in [6.45, 7) is 5.47. The van der Waals surface area contributed by atoms with Gasteiger partial charge in [-0.3, -0.25) is 19.2 Å². The van der Waals surface area contributed by atoms with Crippen LogP contribution >= 0.6 is 23.1 Å². The van der Waals surface area contributed by atoms with Gasteiger partial charge in [-0.2, -0.15) is 0 Å². The number of carbonyl (C=O) groups is 5. The van der Waals surface area contributed by atoms with Crippen molar-refractivity contribution in [1.29, 1.82) is 0 Å². The molecular formula is C27H40N4O6S2. The fourth-order valence-electron chi connectivity index (χ4n) is 3.70. The Morgan fingerprint density at radius 1 is 1.13 bits per heavy atom. The molecule has 2 rings (SSSR count). The van der Waals surface area contributed by atoms with Crippen LogP contribution in [0.4, 0.5) is 0 Å². The summed E-state index contributed by atoms with van der Waals surface area (Å²) in [5.41, 5.74) is 0.151. The van der Waals surface area contributed by atoms with Crippen LogP contribution in [0.2, 0.25) is 0 Å². The second-order valence-corrected chi connectivity index (χ2v) is 11.8. The van der Waals surface area contributed by atoms with E-state index in [0.717, 1.165) is 19.3 Å². The third kappa shape index (κ3) is 12.8. The van der Waals surface area contributed by atoms with Gasteiger partial charge in [-0.25, -0.2) is 9.78 Å². The zero-order valence-corrected chi connectivity index (χ0v) is 24.6. The van der Waals surface area contributed by atoms with E-state index in [1.165, 1.54) is 35.9 Å². The summed E-state index contributed by atoms with van der Waals surface area (Å²) in [6.07, 6.45) is 9.15. The number of esters is 1. The molecule has 0 radical (unpaired) electrons. The minimum Gasteiger partial charge on any atom is -0.456 e. The van der Waals surface area contributed by atoms with Crippen molar-refractivity contribution in [3.63, 3.8) is 0 Å².